The van der Waals surface area contributed by atoms with Gasteiger partial charge in [0, 0.05) is 37.6 Å². The van der Waals surface area contributed by atoms with E-state index in [1.165, 1.54) is 41.7 Å². The van der Waals surface area contributed by atoms with E-state index in [4.69, 9.17) is 9.11 Å². The topological polar surface area (TPSA) is 48.9 Å². The van der Waals surface area contributed by atoms with Crippen molar-refractivity contribution in [2.75, 3.05) is 50.8 Å². The Morgan fingerprint density at radius 3 is 2.59 bits per heavy atom. The molecule has 2 aromatic rings. The monoisotopic (exact) mass is 414 g/mol. The number of piperazine rings is 1. The van der Waals surface area contributed by atoms with Crippen LogP contribution in [-0.4, -0.2) is 72.2 Å². The number of aromatic nitrogens is 1. The molecule has 7 heteroatoms. The molecule has 1 aromatic carbocycles. The molecular formula is C22H30N4O2S. The third-order valence-electron chi connectivity index (χ3n) is 6.93. The molecule has 1 amide bonds. The van der Waals surface area contributed by atoms with E-state index in [1.54, 1.807) is 11.5 Å². The molecule has 3 heterocycles. The van der Waals surface area contributed by atoms with Gasteiger partial charge in [-0.05, 0) is 68.2 Å². The lowest BCUT2D eigenvalue weighted by Crippen LogP contribution is -2.47. The quantitative estimate of drug-likeness (QED) is 0.744. The number of ether oxygens (including phenoxy) is 1. The van der Waals surface area contributed by atoms with Gasteiger partial charge in [0.25, 0.3) is 0 Å². The Morgan fingerprint density at radius 1 is 1.03 bits per heavy atom. The summed E-state index contributed by atoms with van der Waals surface area (Å²) < 4.78 is 11.1. The van der Waals surface area contributed by atoms with Gasteiger partial charge in [0.1, 0.15) is 12.4 Å². The fourth-order valence-electron chi connectivity index (χ4n) is 5.13. The third-order valence-corrected chi connectivity index (χ3v) is 7.75. The van der Waals surface area contributed by atoms with Crippen molar-refractivity contribution in [3.63, 3.8) is 0 Å². The number of hydrogen-bond donors (Lipinski definition) is 0. The van der Waals surface area contributed by atoms with Crippen molar-refractivity contribution in [2.24, 2.45) is 5.92 Å². The van der Waals surface area contributed by atoms with Gasteiger partial charge >= 0.3 is 6.09 Å². The maximum atomic E-state index is 11.8. The largest absolute Gasteiger partial charge is 0.448 e. The van der Waals surface area contributed by atoms with E-state index in [0.717, 1.165) is 51.5 Å². The molecule has 0 unspecified atom stereocenters. The molecule has 0 bridgehead atoms. The number of nitrogens with zero attached hydrogens (tertiary/aromatic N) is 4. The van der Waals surface area contributed by atoms with Crippen LogP contribution in [-0.2, 0) is 4.74 Å². The minimum Gasteiger partial charge on any atom is -0.448 e. The zero-order chi connectivity index (χ0) is 19.6. The molecule has 1 saturated carbocycles. The molecule has 6 nitrogen and oxygen atoms in total. The molecule has 0 N–H and O–H groups in total. The smallest absolute Gasteiger partial charge is 0.410 e. The highest BCUT2D eigenvalue weighted by Crippen LogP contribution is 2.32. The van der Waals surface area contributed by atoms with Crippen molar-refractivity contribution < 1.29 is 9.53 Å². The number of carbonyl (C=O) groups excluding carboxylic acids is 1. The van der Waals surface area contributed by atoms with Crippen LogP contribution < -0.4 is 4.90 Å². The Kier molecular flexibility index (Phi) is 5.59. The van der Waals surface area contributed by atoms with Gasteiger partial charge in [0.05, 0.1) is 11.2 Å². The molecule has 156 valence electrons. The highest BCUT2D eigenvalue weighted by atomic mass is 32.1. The molecule has 2 aliphatic heterocycles. The van der Waals surface area contributed by atoms with Gasteiger partial charge in [-0.2, -0.15) is 4.37 Å². The van der Waals surface area contributed by atoms with Crippen LogP contribution in [0.25, 0.3) is 10.1 Å². The second kappa shape index (κ2) is 8.48. The summed E-state index contributed by atoms with van der Waals surface area (Å²) in [5.74, 6) is 1.98. The molecule has 1 aliphatic carbocycles. The number of amides is 1. The number of hydrogen-bond acceptors (Lipinski definition) is 6. The second-order valence-corrected chi connectivity index (χ2v) is 9.41. The van der Waals surface area contributed by atoms with E-state index in [-0.39, 0.29) is 6.09 Å². The predicted molar refractivity (Wildman–Crippen MR) is 117 cm³/mol. The van der Waals surface area contributed by atoms with Crippen LogP contribution in [0.15, 0.2) is 24.3 Å². The molecule has 5 rings (SSSR count). The number of cyclic esters (lactones) is 1. The summed E-state index contributed by atoms with van der Waals surface area (Å²) in [7, 11) is 0. The van der Waals surface area contributed by atoms with Crippen LogP contribution >= 0.6 is 11.5 Å². The first-order valence-corrected chi connectivity index (χ1v) is 11.8. The van der Waals surface area contributed by atoms with Crippen LogP contribution in [0.3, 0.4) is 0 Å². The van der Waals surface area contributed by atoms with Gasteiger partial charge in [-0.15, -0.1) is 0 Å². The second-order valence-electron chi connectivity index (χ2n) is 8.60. The Balaban J connectivity index is 1.06. The first-order valence-electron chi connectivity index (χ1n) is 11.0. The lowest BCUT2D eigenvalue weighted by atomic mass is 9.83. The molecule has 3 fully saturated rings. The summed E-state index contributed by atoms with van der Waals surface area (Å²) in [5, 5.41) is 1.30. The van der Waals surface area contributed by atoms with Gasteiger partial charge in [0.15, 0.2) is 0 Å². The van der Waals surface area contributed by atoms with E-state index in [9.17, 15) is 4.79 Å². The fraction of sp³-hybridized carbons (Fsp3) is 0.636. The van der Waals surface area contributed by atoms with Crippen molar-refractivity contribution in [3.8, 4) is 0 Å². The van der Waals surface area contributed by atoms with Crippen LogP contribution in [0.1, 0.15) is 32.1 Å². The molecule has 0 atom stereocenters. The van der Waals surface area contributed by atoms with Gasteiger partial charge in [-0.25, -0.2) is 4.79 Å². The Bertz CT molecular complexity index is 840. The van der Waals surface area contributed by atoms with Gasteiger partial charge in [-0.1, -0.05) is 12.1 Å². The van der Waals surface area contributed by atoms with Crippen molar-refractivity contribution in [2.45, 2.75) is 38.1 Å². The Hall–Kier alpha value is -1.86. The maximum absolute atomic E-state index is 11.8. The van der Waals surface area contributed by atoms with E-state index >= 15 is 0 Å². The van der Waals surface area contributed by atoms with Gasteiger partial charge in [-0.3, -0.25) is 4.90 Å². The molecule has 3 aliphatic rings. The van der Waals surface area contributed by atoms with Crippen LogP contribution in [0.5, 0.6) is 0 Å². The number of benzene rings is 1. The molecular weight excluding hydrogens is 384 g/mol. The van der Waals surface area contributed by atoms with Crippen molar-refractivity contribution in [1.82, 2.24) is 14.2 Å². The molecule has 29 heavy (non-hydrogen) atoms. The highest BCUT2D eigenvalue weighted by molar-refractivity contribution is 7.13. The SMILES string of the molecule is O=C1OCCN1C1CCC(CCN2CCN(c3nsc4ccccc34)CC2)CC1. The minimum atomic E-state index is -0.0980. The van der Waals surface area contributed by atoms with E-state index < -0.39 is 0 Å². The number of rotatable bonds is 5. The fourth-order valence-corrected chi connectivity index (χ4v) is 5.93. The van der Waals surface area contributed by atoms with Crippen molar-refractivity contribution in [3.05, 3.63) is 24.3 Å². The number of anilines is 1. The summed E-state index contributed by atoms with van der Waals surface area (Å²) in [5.41, 5.74) is 0. The van der Waals surface area contributed by atoms with Gasteiger partial charge < -0.3 is 14.5 Å². The van der Waals surface area contributed by atoms with E-state index in [2.05, 4.69) is 34.1 Å². The summed E-state index contributed by atoms with van der Waals surface area (Å²) in [4.78, 5) is 18.8. The Morgan fingerprint density at radius 2 is 1.83 bits per heavy atom. The summed E-state index contributed by atoms with van der Waals surface area (Å²) in [6, 6.07) is 8.97. The Labute approximate surface area is 176 Å². The first-order chi connectivity index (χ1) is 14.3. The predicted octanol–water partition coefficient (Wildman–Crippen LogP) is 3.82. The molecule has 0 radical (unpaired) electrons. The van der Waals surface area contributed by atoms with Crippen LogP contribution in [0.2, 0.25) is 0 Å². The number of carbonyl (C=O) groups is 1. The molecule has 1 aromatic heterocycles. The maximum Gasteiger partial charge on any atom is 0.410 e. The number of fused-ring (bicyclic) bond motifs is 1. The molecule has 2 saturated heterocycles. The third kappa shape index (κ3) is 4.08. The zero-order valence-corrected chi connectivity index (χ0v) is 17.8. The average molecular weight is 415 g/mol. The summed E-state index contributed by atoms with van der Waals surface area (Å²) in [6.45, 7) is 6.94. The lowest BCUT2D eigenvalue weighted by molar-refractivity contribution is 0.128. The van der Waals surface area contributed by atoms with E-state index in [0.29, 0.717) is 12.6 Å². The van der Waals surface area contributed by atoms with Crippen LogP contribution in [0.4, 0.5) is 10.6 Å². The van der Waals surface area contributed by atoms with Crippen molar-refractivity contribution >= 4 is 33.5 Å². The summed E-state index contributed by atoms with van der Waals surface area (Å²) >= 11 is 1.61. The standard InChI is InChI=1S/C22H30N4O2S/c27-22-26(15-16-28-22)18-7-5-17(6-8-18)9-10-24-11-13-25(14-12-24)21-19-3-1-2-4-20(19)29-23-21/h1-4,17-18H,5-16H2. The average Bonchev–Trinajstić information content (AvgIpc) is 3.39. The van der Waals surface area contributed by atoms with E-state index in [1.807, 2.05) is 4.90 Å². The minimum absolute atomic E-state index is 0.0980. The first kappa shape index (κ1) is 19.1. The molecule has 0 spiro atoms. The van der Waals surface area contributed by atoms with Crippen LogP contribution in [0, 0.1) is 5.92 Å². The lowest BCUT2D eigenvalue weighted by Gasteiger charge is -2.37. The highest BCUT2D eigenvalue weighted by Gasteiger charge is 2.32. The van der Waals surface area contributed by atoms with Crippen molar-refractivity contribution in [1.29, 1.82) is 0 Å². The van der Waals surface area contributed by atoms with Gasteiger partial charge in [0.2, 0.25) is 0 Å². The normalized spacial score (nSPS) is 26.3. The summed E-state index contributed by atoms with van der Waals surface area (Å²) in [6.07, 6.45) is 5.98. The zero-order valence-electron chi connectivity index (χ0n) is 17.0.